The molecule has 1 aromatic rings. The molecule has 21 heavy (non-hydrogen) atoms. The van der Waals surface area contributed by atoms with Crippen LogP contribution in [0, 0.1) is 0 Å². The summed E-state index contributed by atoms with van der Waals surface area (Å²) in [6.45, 7) is 6.16. The number of nitrogens with one attached hydrogen (secondary N) is 1. The van der Waals surface area contributed by atoms with Gasteiger partial charge in [-0.05, 0) is 45.5 Å². The van der Waals surface area contributed by atoms with Gasteiger partial charge in [-0.3, -0.25) is 9.69 Å². The van der Waals surface area contributed by atoms with Crippen LogP contribution >= 0.6 is 0 Å². The first-order valence-electron chi connectivity index (χ1n) is 7.24. The lowest BCUT2D eigenvalue weighted by Crippen LogP contribution is -2.44. The summed E-state index contributed by atoms with van der Waals surface area (Å²) < 4.78 is 5.17. The van der Waals surface area contributed by atoms with Crippen LogP contribution in [0.4, 0.5) is 0 Å². The van der Waals surface area contributed by atoms with E-state index in [4.69, 9.17) is 10.5 Å². The normalized spacial score (nSPS) is 14.1. The number of amides is 1. The summed E-state index contributed by atoms with van der Waals surface area (Å²) in [5, 5.41) is 2.90. The second-order valence-electron chi connectivity index (χ2n) is 5.71. The van der Waals surface area contributed by atoms with Gasteiger partial charge in [-0.15, -0.1) is 0 Å². The van der Waals surface area contributed by atoms with Crippen molar-refractivity contribution in [2.45, 2.75) is 38.9 Å². The van der Waals surface area contributed by atoms with Crippen molar-refractivity contribution in [3.8, 4) is 5.75 Å². The van der Waals surface area contributed by atoms with Crippen LogP contribution < -0.4 is 15.8 Å². The minimum atomic E-state index is -0.0877. The molecule has 1 rings (SSSR count). The summed E-state index contributed by atoms with van der Waals surface area (Å²) in [7, 11) is 3.55. The Bertz CT molecular complexity index is 443. The van der Waals surface area contributed by atoms with Crippen molar-refractivity contribution >= 4 is 5.91 Å². The summed E-state index contributed by atoms with van der Waals surface area (Å²) in [5.74, 6) is 0.814. The van der Waals surface area contributed by atoms with E-state index < -0.39 is 0 Å². The molecule has 1 amide bonds. The van der Waals surface area contributed by atoms with Gasteiger partial charge in [0.15, 0.2) is 0 Å². The summed E-state index contributed by atoms with van der Waals surface area (Å²) in [6, 6.07) is 7.83. The summed E-state index contributed by atoms with van der Waals surface area (Å²) >= 11 is 0. The third-order valence-corrected chi connectivity index (χ3v) is 3.27. The lowest BCUT2D eigenvalue weighted by molar-refractivity contribution is -0.123. The Labute approximate surface area is 127 Å². The van der Waals surface area contributed by atoms with E-state index in [1.165, 1.54) is 0 Å². The molecule has 0 heterocycles. The molecule has 5 nitrogen and oxygen atoms in total. The molecule has 0 aromatic heterocycles. The van der Waals surface area contributed by atoms with E-state index in [0.717, 1.165) is 11.3 Å². The predicted molar refractivity (Wildman–Crippen MR) is 85.3 cm³/mol. The maximum absolute atomic E-state index is 11.9. The molecule has 0 aliphatic heterocycles. The first kappa shape index (κ1) is 17.5. The van der Waals surface area contributed by atoms with Crippen molar-refractivity contribution in [2.75, 3.05) is 20.7 Å². The van der Waals surface area contributed by atoms with Gasteiger partial charge in [-0.2, -0.15) is 0 Å². The fourth-order valence-corrected chi connectivity index (χ4v) is 2.45. The molecule has 0 bridgehead atoms. The number of hydrogen-bond acceptors (Lipinski definition) is 4. The standard InChI is InChI=1S/C16H27N3O2/c1-11(2)18-15(20)10-19(4)16(12(3)17)13-6-8-14(21-5)9-7-13/h6-9,11-12,16H,10,17H2,1-5H3,(H,18,20). The van der Waals surface area contributed by atoms with Gasteiger partial charge in [-0.1, -0.05) is 12.1 Å². The second kappa shape index (κ2) is 8.00. The highest BCUT2D eigenvalue weighted by molar-refractivity contribution is 5.78. The number of carbonyl (C=O) groups is 1. The summed E-state index contributed by atoms with van der Waals surface area (Å²) in [6.07, 6.45) is 0. The predicted octanol–water partition coefficient (Wildman–Crippen LogP) is 1.54. The van der Waals surface area contributed by atoms with Crippen LogP contribution in [0.1, 0.15) is 32.4 Å². The van der Waals surface area contributed by atoms with Crippen LogP contribution in [-0.2, 0) is 4.79 Å². The molecule has 0 aliphatic carbocycles. The maximum Gasteiger partial charge on any atom is 0.234 e. The molecule has 0 saturated carbocycles. The molecule has 3 N–H and O–H groups in total. The third-order valence-electron chi connectivity index (χ3n) is 3.27. The van der Waals surface area contributed by atoms with E-state index in [1.54, 1.807) is 7.11 Å². The van der Waals surface area contributed by atoms with Gasteiger partial charge >= 0.3 is 0 Å². The number of nitrogens with two attached hydrogens (primary N) is 1. The minimum Gasteiger partial charge on any atom is -0.497 e. The lowest BCUT2D eigenvalue weighted by Gasteiger charge is -2.31. The quantitative estimate of drug-likeness (QED) is 0.800. The first-order chi connectivity index (χ1) is 9.85. The Morgan fingerprint density at radius 3 is 2.29 bits per heavy atom. The summed E-state index contributed by atoms with van der Waals surface area (Å²) in [5.41, 5.74) is 7.19. The van der Waals surface area contributed by atoms with Crippen molar-refractivity contribution in [3.05, 3.63) is 29.8 Å². The molecule has 5 heteroatoms. The number of methoxy groups -OCH3 is 1. The van der Waals surface area contributed by atoms with E-state index >= 15 is 0 Å². The van der Waals surface area contributed by atoms with Gasteiger partial charge in [0.1, 0.15) is 5.75 Å². The number of carbonyl (C=O) groups excluding carboxylic acids is 1. The molecule has 0 aliphatic rings. The van der Waals surface area contributed by atoms with Gasteiger partial charge in [0.2, 0.25) is 5.91 Å². The molecule has 118 valence electrons. The van der Waals surface area contributed by atoms with Crippen molar-refractivity contribution in [1.82, 2.24) is 10.2 Å². The molecular weight excluding hydrogens is 266 g/mol. The topological polar surface area (TPSA) is 67.6 Å². The number of likely N-dealkylation sites (N-methyl/N-ethyl adjacent to an activating group) is 1. The van der Waals surface area contributed by atoms with E-state index in [1.807, 2.05) is 57.0 Å². The van der Waals surface area contributed by atoms with Gasteiger partial charge in [0.25, 0.3) is 0 Å². The zero-order chi connectivity index (χ0) is 16.0. The Balaban J connectivity index is 2.82. The molecule has 2 unspecified atom stereocenters. The van der Waals surface area contributed by atoms with Crippen LogP contribution in [0.3, 0.4) is 0 Å². The maximum atomic E-state index is 11.9. The van der Waals surface area contributed by atoms with E-state index in [-0.39, 0.29) is 24.0 Å². The van der Waals surface area contributed by atoms with E-state index in [0.29, 0.717) is 6.54 Å². The lowest BCUT2D eigenvalue weighted by atomic mass is 9.99. The highest BCUT2D eigenvalue weighted by atomic mass is 16.5. The Kier molecular flexibility index (Phi) is 6.65. The largest absolute Gasteiger partial charge is 0.497 e. The molecule has 0 spiro atoms. The van der Waals surface area contributed by atoms with Gasteiger partial charge in [-0.25, -0.2) is 0 Å². The number of benzene rings is 1. The minimum absolute atomic E-state index is 0.00617. The van der Waals surface area contributed by atoms with Crippen LogP contribution in [0.25, 0.3) is 0 Å². The fraction of sp³-hybridized carbons (Fsp3) is 0.562. The number of ether oxygens (including phenoxy) is 1. The third kappa shape index (κ3) is 5.36. The highest BCUT2D eigenvalue weighted by Gasteiger charge is 2.23. The van der Waals surface area contributed by atoms with Crippen molar-refractivity contribution in [2.24, 2.45) is 5.73 Å². The molecule has 0 radical (unpaired) electrons. The SMILES string of the molecule is COc1ccc(C(C(C)N)N(C)CC(=O)NC(C)C)cc1. The van der Waals surface area contributed by atoms with Gasteiger partial charge in [0.05, 0.1) is 13.7 Å². The van der Waals surface area contributed by atoms with Gasteiger partial charge in [0, 0.05) is 18.1 Å². The molecule has 1 aromatic carbocycles. The van der Waals surface area contributed by atoms with Crippen LogP contribution in [0.15, 0.2) is 24.3 Å². The van der Waals surface area contributed by atoms with Crippen molar-refractivity contribution < 1.29 is 9.53 Å². The number of hydrogen-bond donors (Lipinski definition) is 2. The zero-order valence-corrected chi connectivity index (χ0v) is 13.6. The molecule has 2 atom stereocenters. The highest BCUT2D eigenvalue weighted by Crippen LogP contribution is 2.24. The second-order valence-corrected chi connectivity index (χ2v) is 5.71. The van der Waals surface area contributed by atoms with E-state index in [9.17, 15) is 4.79 Å². The van der Waals surface area contributed by atoms with Crippen LogP contribution in [0.2, 0.25) is 0 Å². The van der Waals surface area contributed by atoms with Crippen LogP contribution in [0.5, 0.6) is 5.75 Å². The average molecular weight is 293 g/mol. The Morgan fingerprint density at radius 1 is 1.29 bits per heavy atom. The summed E-state index contributed by atoms with van der Waals surface area (Å²) in [4.78, 5) is 13.9. The number of nitrogens with zero attached hydrogens (tertiary/aromatic N) is 1. The molecular formula is C16H27N3O2. The average Bonchev–Trinajstić information content (AvgIpc) is 2.38. The molecule has 0 saturated heterocycles. The first-order valence-corrected chi connectivity index (χ1v) is 7.24. The zero-order valence-electron chi connectivity index (χ0n) is 13.6. The Hall–Kier alpha value is -1.59. The van der Waals surface area contributed by atoms with Crippen molar-refractivity contribution in [1.29, 1.82) is 0 Å². The van der Waals surface area contributed by atoms with Crippen molar-refractivity contribution in [3.63, 3.8) is 0 Å². The molecule has 0 fully saturated rings. The Morgan fingerprint density at radius 2 is 1.86 bits per heavy atom. The number of rotatable bonds is 7. The fourth-order valence-electron chi connectivity index (χ4n) is 2.45. The monoisotopic (exact) mass is 293 g/mol. The van der Waals surface area contributed by atoms with Gasteiger partial charge < -0.3 is 15.8 Å². The van der Waals surface area contributed by atoms with Crippen LogP contribution in [-0.4, -0.2) is 43.6 Å². The van der Waals surface area contributed by atoms with E-state index in [2.05, 4.69) is 5.32 Å². The smallest absolute Gasteiger partial charge is 0.234 e.